The zero-order valence-electron chi connectivity index (χ0n) is 23.3. The lowest BCUT2D eigenvalue weighted by Crippen LogP contribution is -2.53. The Labute approximate surface area is 238 Å². The van der Waals surface area contributed by atoms with Gasteiger partial charge in [0, 0.05) is 12.6 Å². The molecule has 8 heteroatoms. The summed E-state index contributed by atoms with van der Waals surface area (Å²) in [6, 6.07) is 24.3. The molecule has 2 amide bonds. The van der Waals surface area contributed by atoms with Crippen LogP contribution in [0.3, 0.4) is 0 Å². The fourth-order valence-corrected chi connectivity index (χ4v) is 6.83. The normalized spacial score (nSPS) is 14.4. The first kappa shape index (κ1) is 29.3. The number of benzene rings is 3. The molecule has 0 heterocycles. The predicted octanol–water partition coefficient (Wildman–Crippen LogP) is 5.31. The van der Waals surface area contributed by atoms with E-state index in [0.29, 0.717) is 18.5 Å². The summed E-state index contributed by atoms with van der Waals surface area (Å²) in [7, 11) is -4.07. The van der Waals surface area contributed by atoms with Crippen LogP contribution >= 0.6 is 0 Å². The van der Waals surface area contributed by atoms with Crippen molar-refractivity contribution in [1.82, 2.24) is 10.2 Å². The van der Waals surface area contributed by atoms with Crippen molar-refractivity contribution in [2.75, 3.05) is 10.8 Å². The predicted molar refractivity (Wildman–Crippen MR) is 158 cm³/mol. The molecule has 1 fully saturated rings. The van der Waals surface area contributed by atoms with Gasteiger partial charge < -0.3 is 10.2 Å². The summed E-state index contributed by atoms with van der Waals surface area (Å²) in [4.78, 5) is 29.3. The quantitative estimate of drug-likeness (QED) is 0.325. The fraction of sp³-hybridized carbons (Fsp3) is 0.375. The standard InChI is InChI=1S/C32H39N3O4S/c1-3-26-17-11-14-22-30(26)35(40(38,39)28-20-9-6-10-21-28)24-31(36)34(23-25-15-7-5-8-16-25)29(4-2)32(37)33-27-18-12-13-19-27/h5-11,14-17,20-22,27,29H,3-4,12-13,18-19,23-24H2,1-2H3,(H,33,37)/t29-/m1/s1. The topological polar surface area (TPSA) is 86.8 Å². The van der Waals surface area contributed by atoms with Gasteiger partial charge in [0.15, 0.2) is 0 Å². The lowest BCUT2D eigenvalue weighted by molar-refractivity contribution is -0.140. The molecule has 0 bridgehead atoms. The summed E-state index contributed by atoms with van der Waals surface area (Å²) in [5.41, 5.74) is 2.15. The number of nitrogens with one attached hydrogen (secondary N) is 1. The van der Waals surface area contributed by atoms with Crippen LogP contribution in [0.1, 0.15) is 57.1 Å². The van der Waals surface area contributed by atoms with Crippen LogP contribution in [0.25, 0.3) is 0 Å². The number of aryl methyl sites for hydroxylation is 1. The van der Waals surface area contributed by atoms with Gasteiger partial charge in [-0.3, -0.25) is 13.9 Å². The van der Waals surface area contributed by atoms with Gasteiger partial charge in [0.2, 0.25) is 11.8 Å². The Balaban J connectivity index is 1.72. The molecule has 1 aliphatic carbocycles. The minimum Gasteiger partial charge on any atom is -0.352 e. The molecule has 7 nitrogen and oxygen atoms in total. The zero-order chi connectivity index (χ0) is 28.5. The second kappa shape index (κ2) is 13.6. The van der Waals surface area contributed by atoms with Gasteiger partial charge in [-0.05, 0) is 55.0 Å². The highest BCUT2D eigenvalue weighted by molar-refractivity contribution is 7.92. The van der Waals surface area contributed by atoms with E-state index in [1.54, 1.807) is 35.2 Å². The highest BCUT2D eigenvalue weighted by Crippen LogP contribution is 2.28. The third-order valence-electron chi connectivity index (χ3n) is 7.53. The third kappa shape index (κ3) is 6.91. The average molecular weight is 562 g/mol. The fourth-order valence-electron chi connectivity index (χ4n) is 5.35. The minimum absolute atomic E-state index is 0.106. The van der Waals surface area contributed by atoms with Crippen molar-refractivity contribution in [2.45, 2.75) is 75.9 Å². The van der Waals surface area contributed by atoms with Crippen LogP contribution < -0.4 is 9.62 Å². The SMILES string of the molecule is CCc1ccccc1N(CC(=O)N(Cc1ccccc1)[C@H](CC)C(=O)NC1CCCC1)S(=O)(=O)c1ccccc1. The molecule has 1 atom stereocenters. The summed E-state index contributed by atoms with van der Waals surface area (Å²) < 4.78 is 29.2. The maximum Gasteiger partial charge on any atom is 0.264 e. The maximum atomic E-state index is 14.2. The van der Waals surface area contributed by atoms with E-state index >= 15 is 0 Å². The molecule has 4 rings (SSSR count). The molecular formula is C32H39N3O4S. The molecule has 0 aliphatic heterocycles. The van der Waals surface area contributed by atoms with Gasteiger partial charge in [-0.2, -0.15) is 0 Å². The number of para-hydroxylation sites is 1. The number of nitrogens with zero attached hydrogens (tertiary/aromatic N) is 2. The Hall–Kier alpha value is -3.65. The number of carbonyl (C=O) groups excluding carboxylic acids is 2. The van der Waals surface area contributed by atoms with E-state index in [2.05, 4.69) is 5.32 Å². The average Bonchev–Trinajstić information content (AvgIpc) is 3.49. The first-order valence-electron chi connectivity index (χ1n) is 14.1. The van der Waals surface area contributed by atoms with Gasteiger partial charge in [-0.25, -0.2) is 8.42 Å². The summed E-state index contributed by atoms with van der Waals surface area (Å²) >= 11 is 0. The van der Waals surface area contributed by atoms with Crippen molar-refractivity contribution >= 4 is 27.5 Å². The monoisotopic (exact) mass is 561 g/mol. The van der Waals surface area contributed by atoms with Crippen molar-refractivity contribution in [3.05, 3.63) is 96.1 Å². The number of rotatable bonds is 12. The molecule has 0 saturated heterocycles. The molecule has 3 aromatic rings. The second-order valence-electron chi connectivity index (χ2n) is 10.2. The molecule has 0 radical (unpaired) electrons. The minimum atomic E-state index is -4.07. The van der Waals surface area contributed by atoms with Crippen LogP contribution in [0.2, 0.25) is 0 Å². The number of amides is 2. The summed E-state index contributed by atoms with van der Waals surface area (Å²) in [6.07, 6.45) is 5.04. The van der Waals surface area contributed by atoms with E-state index in [0.717, 1.165) is 36.8 Å². The zero-order valence-corrected chi connectivity index (χ0v) is 24.1. The molecule has 0 spiro atoms. The van der Waals surface area contributed by atoms with Crippen LogP contribution in [0.15, 0.2) is 89.8 Å². The van der Waals surface area contributed by atoms with Crippen LogP contribution in [-0.4, -0.2) is 43.8 Å². The summed E-state index contributed by atoms with van der Waals surface area (Å²) in [6.45, 7) is 3.62. The van der Waals surface area contributed by atoms with Gasteiger partial charge in [-0.15, -0.1) is 0 Å². The van der Waals surface area contributed by atoms with Gasteiger partial charge in [0.05, 0.1) is 10.6 Å². The van der Waals surface area contributed by atoms with Gasteiger partial charge in [-0.1, -0.05) is 93.4 Å². The smallest absolute Gasteiger partial charge is 0.264 e. The maximum absolute atomic E-state index is 14.2. The van der Waals surface area contributed by atoms with Crippen molar-refractivity contribution in [1.29, 1.82) is 0 Å². The van der Waals surface area contributed by atoms with Crippen molar-refractivity contribution < 1.29 is 18.0 Å². The second-order valence-corrected chi connectivity index (χ2v) is 12.1. The van der Waals surface area contributed by atoms with E-state index in [1.165, 1.54) is 16.4 Å². The first-order valence-corrected chi connectivity index (χ1v) is 15.6. The highest BCUT2D eigenvalue weighted by atomic mass is 32.2. The van der Waals surface area contributed by atoms with Crippen molar-refractivity contribution in [3.63, 3.8) is 0 Å². The van der Waals surface area contributed by atoms with Crippen molar-refractivity contribution in [3.8, 4) is 0 Å². The van der Waals surface area contributed by atoms with E-state index in [-0.39, 0.29) is 23.4 Å². The van der Waals surface area contributed by atoms with Crippen LogP contribution in [0.5, 0.6) is 0 Å². The molecule has 0 aromatic heterocycles. The van der Waals surface area contributed by atoms with E-state index in [1.807, 2.05) is 56.3 Å². The Morgan fingerprint density at radius 1 is 0.875 bits per heavy atom. The number of hydrogen-bond acceptors (Lipinski definition) is 4. The lowest BCUT2D eigenvalue weighted by Gasteiger charge is -2.34. The van der Waals surface area contributed by atoms with E-state index in [4.69, 9.17) is 0 Å². The Bertz CT molecular complexity index is 1370. The third-order valence-corrected chi connectivity index (χ3v) is 9.31. The molecule has 212 valence electrons. The molecule has 1 saturated carbocycles. The summed E-state index contributed by atoms with van der Waals surface area (Å²) in [5, 5.41) is 3.15. The molecule has 1 aliphatic rings. The van der Waals surface area contributed by atoms with Gasteiger partial charge >= 0.3 is 0 Å². The van der Waals surface area contributed by atoms with Crippen molar-refractivity contribution in [2.24, 2.45) is 0 Å². The Kier molecular flexibility index (Phi) is 9.98. The number of sulfonamides is 1. The molecule has 1 N–H and O–H groups in total. The van der Waals surface area contributed by atoms with E-state index < -0.39 is 28.5 Å². The molecular weight excluding hydrogens is 522 g/mol. The van der Waals surface area contributed by atoms with Crippen LogP contribution in [0, 0.1) is 0 Å². The molecule has 3 aromatic carbocycles. The molecule has 40 heavy (non-hydrogen) atoms. The number of anilines is 1. The first-order chi connectivity index (χ1) is 19.3. The molecule has 0 unspecified atom stereocenters. The Morgan fingerprint density at radius 2 is 1.48 bits per heavy atom. The highest BCUT2D eigenvalue weighted by Gasteiger charge is 2.35. The van der Waals surface area contributed by atoms with Crippen LogP contribution in [0.4, 0.5) is 5.69 Å². The number of hydrogen-bond donors (Lipinski definition) is 1. The largest absolute Gasteiger partial charge is 0.352 e. The van der Waals surface area contributed by atoms with Crippen LogP contribution in [-0.2, 0) is 32.6 Å². The lowest BCUT2D eigenvalue weighted by atomic mass is 10.1. The van der Waals surface area contributed by atoms with Gasteiger partial charge in [0.1, 0.15) is 12.6 Å². The van der Waals surface area contributed by atoms with E-state index in [9.17, 15) is 18.0 Å². The van der Waals surface area contributed by atoms with Gasteiger partial charge in [0.25, 0.3) is 10.0 Å². The number of carbonyl (C=O) groups is 2. The summed E-state index contributed by atoms with van der Waals surface area (Å²) in [5.74, 6) is -0.618. The Morgan fingerprint density at radius 3 is 2.10 bits per heavy atom.